The summed E-state index contributed by atoms with van der Waals surface area (Å²) < 4.78 is 6.20. The Morgan fingerprint density at radius 2 is 2.05 bits per heavy atom. The van der Waals surface area contributed by atoms with Crippen LogP contribution in [0.25, 0.3) is 0 Å². The molecule has 0 bridgehead atoms. The highest BCUT2D eigenvalue weighted by molar-refractivity contribution is 5.36. The molecular weight excluding hydrogens is 250 g/mol. The number of rotatable bonds is 5. The van der Waals surface area contributed by atoms with Crippen molar-refractivity contribution < 1.29 is 4.74 Å². The average molecular weight is 277 g/mol. The minimum atomic E-state index is 0.117. The lowest BCUT2D eigenvalue weighted by atomic mass is 9.92. The van der Waals surface area contributed by atoms with E-state index in [2.05, 4.69) is 62.1 Å². The van der Waals surface area contributed by atoms with Crippen LogP contribution >= 0.6 is 0 Å². The summed E-state index contributed by atoms with van der Waals surface area (Å²) in [7, 11) is 2.00. The molecule has 0 radical (unpaired) electrons. The van der Waals surface area contributed by atoms with Gasteiger partial charge in [0.05, 0.1) is 6.04 Å². The van der Waals surface area contributed by atoms with Crippen molar-refractivity contribution in [2.75, 3.05) is 13.6 Å². The van der Waals surface area contributed by atoms with Gasteiger partial charge >= 0.3 is 0 Å². The van der Waals surface area contributed by atoms with E-state index in [-0.39, 0.29) is 6.10 Å². The highest BCUT2D eigenvalue weighted by Crippen LogP contribution is 2.24. The summed E-state index contributed by atoms with van der Waals surface area (Å²) in [6.07, 6.45) is 0.117. The molecule has 0 aliphatic carbocycles. The summed E-state index contributed by atoms with van der Waals surface area (Å²) in [5, 5.41) is 3.27. The van der Waals surface area contributed by atoms with E-state index in [0.717, 1.165) is 12.3 Å². The molecule has 2 rings (SSSR count). The largest absolute Gasteiger partial charge is 0.489 e. The van der Waals surface area contributed by atoms with E-state index < -0.39 is 0 Å². The van der Waals surface area contributed by atoms with Crippen LogP contribution < -0.4 is 20.9 Å². The van der Waals surface area contributed by atoms with Crippen molar-refractivity contribution in [1.82, 2.24) is 16.2 Å². The van der Waals surface area contributed by atoms with Gasteiger partial charge in [0.1, 0.15) is 11.9 Å². The van der Waals surface area contributed by atoms with E-state index in [4.69, 9.17) is 4.74 Å². The third-order valence-electron chi connectivity index (χ3n) is 4.18. The molecular formula is C16H27N3O. The van der Waals surface area contributed by atoms with Gasteiger partial charge < -0.3 is 10.1 Å². The summed E-state index contributed by atoms with van der Waals surface area (Å²) in [4.78, 5) is 0. The van der Waals surface area contributed by atoms with Crippen LogP contribution in [0.4, 0.5) is 0 Å². The molecule has 1 aliphatic heterocycles. The van der Waals surface area contributed by atoms with Crippen LogP contribution in [0, 0.1) is 19.8 Å². The molecule has 20 heavy (non-hydrogen) atoms. The standard InChI is InChI=1S/C16H27N3O/c1-10-6-7-11(2)15(8-10)20-13(4)16-14(9-17-5)12(3)18-19-16/h6-8,12-14,16-19H,9H2,1-5H3. The number of ether oxygens (including phenoxy) is 1. The third kappa shape index (κ3) is 3.32. The highest BCUT2D eigenvalue weighted by atomic mass is 16.5. The van der Waals surface area contributed by atoms with Crippen molar-refractivity contribution in [2.24, 2.45) is 5.92 Å². The number of hydrazine groups is 1. The number of hydrogen-bond acceptors (Lipinski definition) is 4. The average Bonchev–Trinajstić information content (AvgIpc) is 2.76. The molecule has 0 aromatic heterocycles. The van der Waals surface area contributed by atoms with Crippen LogP contribution in [-0.4, -0.2) is 31.8 Å². The van der Waals surface area contributed by atoms with Gasteiger partial charge in [-0.2, -0.15) is 0 Å². The minimum Gasteiger partial charge on any atom is -0.489 e. The Balaban J connectivity index is 2.07. The fourth-order valence-corrected chi connectivity index (χ4v) is 2.87. The lowest BCUT2D eigenvalue weighted by Crippen LogP contribution is -2.45. The van der Waals surface area contributed by atoms with Crippen LogP contribution in [0.15, 0.2) is 18.2 Å². The maximum Gasteiger partial charge on any atom is 0.122 e. The molecule has 112 valence electrons. The number of hydrogen-bond donors (Lipinski definition) is 3. The molecule has 3 N–H and O–H groups in total. The summed E-state index contributed by atoms with van der Waals surface area (Å²) in [6, 6.07) is 7.10. The van der Waals surface area contributed by atoms with Crippen molar-refractivity contribution >= 4 is 0 Å². The molecule has 1 aliphatic rings. The molecule has 0 saturated carbocycles. The first-order valence-electron chi connectivity index (χ1n) is 7.42. The normalized spacial score (nSPS) is 27.6. The van der Waals surface area contributed by atoms with Crippen LogP contribution in [-0.2, 0) is 0 Å². The van der Waals surface area contributed by atoms with E-state index in [9.17, 15) is 0 Å². The third-order valence-corrected chi connectivity index (χ3v) is 4.18. The van der Waals surface area contributed by atoms with Gasteiger partial charge in [-0.05, 0) is 51.9 Å². The zero-order valence-electron chi connectivity index (χ0n) is 13.2. The Bertz CT molecular complexity index is 449. The topological polar surface area (TPSA) is 45.3 Å². The van der Waals surface area contributed by atoms with Crippen molar-refractivity contribution in [1.29, 1.82) is 0 Å². The Labute approximate surface area is 122 Å². The molecule has 4 atom stereocenters. The second kappa shape index (κ2) is 6.57. The Morgan fingerprint density at radius 1 is 1.30 bits per heavy atom. The van der Waals surface area contributed by atoms with Gasteiger partial charge in [0, 0.05) is 18.5 Å². The lowest BCUT2D eigenvalue weighted by Gasteiger charge is -2.27. The van der Waals surface area contributed by atoms with Gasteiger partial charge in [-0.15, -0.1) is 0 Å². The second-order valence-electron chi connectivity index (χ2n) is 5.92. The Morgan fingerprint density at radius 3 is 2.75 bits per heavy atom. The molecule has 0 spiro atoms. The Kier molecular flexibility index (Phi) is 5.02. The maximum absolute atomic E-state index is 6.20. The second-order valence-corrected chi connectivity index (χ2v) is 5.92. The molecule has 4 heteroatoms. The van der Waals surface area contributed by atoms with Crippen molar-refractivity contribution in [3.05, 3.63) is 29.3 Å². The zero-order valence-corrected chi connectivity index (χ0v) is 13.2. The van der Waals surface area contributed by atoms with E-state index in [1.807, 2.05) is 7.05 Å². The lowest BCUT2D eigenvalue weighted by molar-refractivity contribution is 0.152. The summed E-state index contributed by atoms with van der Waals surface area (Å²) >= 11 is 0. The smallest absolute Gasteiger partial charge is 0.122 e. The minimum absolute atomic E-state index is 0.117. The van der Waals surface area contributed by atoms with Crippen LogP contribution in [0.1, 0.15) is 25.0 Å². The van der Waals surface area contributed by atoms with Gasteiger partial charge in [-0.25, -0.2) is 0 Å². The summed E-state index contributed by atoms with van der Waals surface area (Å²) in [6.45, 7) is 9.52. The van der Waals surface area contributed by atoms with Crippen LogP contribution in [0.3, 0.4) is 0 Å². The highest BCUT2D eigenvalue weighted by Gasteiger charge is 2.37. The SMILES string of the molecule is CNCC1C(C)NNC1C(C)Oc1cc(C)ccc1C. The quantitative estimate of drug-likeness (QED) is 0.767. The first-order chi connectivity index (χ1) is 9.52. The molecule has 1 aromatic rings. The first-order valence-corrected chi connectivity index (χ1v) is 7.42. The number of aryl methyl sites for hydroxylation is 2. The monoisotopic (exact) mass is 277 g/mol. The number of nitrogens with one attached hydrogen (secondary N) is 3. The van der Waals surface area contributed by atoms with Gasteiger partial charge in [0.15, 0.2) is 0 Å². The Hall–Kier alpha value is -1.10. The molecule has 0 amide bonds. The predicted molar refractivity (Wildman–Crippen MR) is 82.9 cm³/mol. The first kappa shape index (κ1) is 15.3. The molecule has 1 fully saturated rings. The van der Waals surface area contributed by atoms with Gasteiger partial charge in [0.25, 0.3) is 0 Å². The summed E-state index contributed by atoms with van der Waals surface area (Å²) in [5.74, 6) is 1.50. The van der Waals surface area contributed by atoms with E-state index in [0.29, 0.717) is 18.0 Å². The summed E-state index contributed by atoms with van der Waals surface area (Å²) in [5.41, 5.74) is 9.13. The molecule has 1 heterocycles. The van der Waals surface area contributed by atoms with Gasteiger partial charge in [0.2, 0.25) is 0 Å². The fourth-order valence-electron chi connectivity index (χ4n) is 2.87. The van der Waals surface area contributed by atoms with E-state index in [1.54, 1.807) is 0 Å². The van der Waals surface area contributed by atoms with E-state index in [1.165, 1.54) is 11.1 Å². The fraction of sp³-hybridized carbons (Fsp3) is 0.625. The van der Waals surface area contributed by atoms with Crippen molar-refractivity contribution in [2.45, 2.75) is 45.9 Å². The predicted octanol–water partition coefficient (Wildman–Crippen LogP) is 1.77. The molecule has 1 saturated heterocycles. The molecule has 4 unspecified atom stereocenters. The maximum atomic E-state index is 6.20. The molecule has 4 nitrogen and oxygen atoms in total. The zero-order chi connectivity index (χ0) is 14.7. The number of benzene rings is 1. The van der Waals surface area contributed by atoms with Crippen LogP contribution in [0.2, 0.25) is 0 Å². The van der Waals surface area contributed by atoms with Gasteiger partial charge in [-0.3, -0.25) is 10.9 Å². The van der Waals surface area contributed by atoms with Crippen molar-refractivity contribution in [3.8, 4) is 5.75 Å². The van der Waals surface area contributed by atoms with Crippen LogP contribution in [0.5, 0.6) is 5.75 Å². The van der Waals surface area contributed by atoms with Crippen molar-refractivity contribution in [3.63, 3.8) is 0 Å². The van der Waals surface area contributed by atoms with E-state index >= 15 is 0 Å². The molecule has 1 aromatic carbocycles. The van der Waals surface area contributed by atoms with Gasteiger partial charge in [-0.1, -0.05) is 12.1 Å².